The van der Waals surface area contributed by atoms with Gasteiger partial charge in [0, 0.05) is 66.6 Å². The Morgan fingerprint density at radius 1 is 0.373 bits per heavy atom. The molecule has 0 aliphatic carbocycles. The molecule has 3 aliphatic heterocycles. The summed E-state index contributed by atoms with van der Waals surface area (Å²) in [6.07, 6.45) is -14.5. The average molecular weight is 1430 g/mol. The molecule has 0 spiro atoms. The zero-order valence-corrected chi connectivity index (χ0v) is 59.2. The molecule has 546 valence electrons. The summed E-state index contributed by atoms with van der Waals surface area (Å²) in [6, 6.07) is 11.0. The van der Waals surface area contributed by atoms with Crippen molar-refractivity contribution in [2.45, 2.75) is 69.9 Å². The Hall–Kier alpha value is -11.8. The molecule has 0 saturated heterocycles. The van der Waals surface area contributed by atoms with Crippen LogP contribution in [-0.4, -0.2) is 193 Å². The number of carbonyl (C=O) groups is 7. The number of carbonyl (C=O) groups excluding carboxylic acids is 7. The van der Waals surface area contributed by atoms with Gasteiger partial charge in [0.2, 0.25) is 23.0 Å². The number of methoxy groups -OCH3 is 16. The van der Waals surface area contributed by atoms with Gasteiger partial charge in [-0.3, -0.25) is 14.4 Å². The van der Waals surface area contributed by atoms with Crippen LogP contribution in [0.25, 0.3) is 22.3 Å². The fourth-order valence-corrected chi connectivity index (χ4v) is 12.7. The van der Waals surface area contributed by atoms with Crippen LogP contribution in [0.15, 0.2) is 48.5 Å². The van der Waals surface area contributed by atoms with E-state index in [1.807, 2.05) is 0 Å². The Labute approximate surface area is 584 Å². The van der Waals surface area contributed by atoms with E-state index in [2.05, 4.69) is 0 Å². The minimum atomic E-state index is -2.57. The molecule has 6 aromatic rings. The number of rotatable bonds is 23. The Morgan fingerprint density at radius 3 is 1.14 bits per heavy atom. The highest BCUT2D eigenvalue weighted by Gasteiger charge is 2.54. The standard InChI is InChI=1S/C71H76O31/c1-30(72)96-47-23-34-40(99-54(47)33-20-21-39(79-4)41(22-33)80-5)28-42(81-6)53(55(34)86-11)65(98-32(3)74)67-66(101-70(77)37-26-45(84-9)58(89-14)63(93-18)51(37)52-38(71(78)102-67)27-46(85-10)59(90-15)64(52)94-19)60-48(97-31(2)73)29-95-68(75)35-24-43(82-7)56(87-12)61(91-16)49(35)50-36(69(76)100-60)25-44(83-8)57(88-13)62(50)92-17/h20-22,24-28,47-48,54,60,65-67H,23,29H2,1-19H3/t47-,48-,54-,60-,65+,66+,67+/m1/s1. The lowest BCUT2D eigenvalue weighted by molar-refractivity contribution is -0.183. The first-order valence-corrected chi connectivity index (χ1v) is 30.8. The van der Waals surface area contributed by atoms with Crippen LogP contribution in [0.1, 0.15) is 91.1 Å². The molecule has 31 heteroatoms. The van der Waals surface area contributed by atoms with Gasteiger partial charge in [0.25, 0.3) is 0 Å². The summed E-state index contributed by atoms with van der Waals surface area (Å²) in [7, 11) is 20.3. The lowest BCUT2D eigenvalue weighted by atomic mass is 9.87. The maximum Gasteiger partial charge on any atom is 0.339 e. The molecule has 0 aromatic heterocycles. The maximum atomic E-state index is 16.5. The first kappa shape index (κ1) is 74.4. The van der Waals surface area contributed by atoms with Gasteiger partial charge in [-0.1, -0.05) is 6.07 Å². The fourth-order valence-electron chi connectivity index (χ4n) is 12.7. The van der Waals surface area contributed by atoms with E-state index in [1.165, 1.54) is 139 Å². The molecule has 102 heavy (non-hydrogen) atoms. The van der Waals surface area contributed by atoms with Crippen molar-refractivity contribution < 1.29 is 147 Å². The molecule has 0 fully saturated rings. The molecule has 0 unspecified atom stereocenters. The molecule has 9 rings (SSSR count). The summed E-state index contributed by atoms with van der Waals surface area (Å²) < 4.78 is 146. The number of hydrogen-bond donors (Lipinski definition) is 0. The molecule has 0 amide bonds. The third kappa shape index (κ3) is 13.6. The normalized spacial score (nSPS) is 17.8. The fraction of sp³-hybridized carbons (Fsp3) is 0.394. The summed E-state index contributed by atoms with van der Waals surface area (Å²) >= 11 is 0. The topological polar surface area (TPSA) is 341 Å². The highest BCUT2D eigenvalue weighted by Crippen LogP contribution is 2.59. The first-order valence-electron chi connectivity index (χ1n) is 30.8. The van der Waals surface area contributed by atoms with Gasteiger partial charge in [0.1, 0.15) is 30.0 Å². The third-order valence-electron chi connectivity index (χ3n) is 16.8. The molecular weight excluding hydrogens is 1350 g/mol. The van der Waals surface area contributed by atoms with E-state index in [4.69, 9.17) is 114 Å². The zero-order chi connectivity index (χ0) is 74.3. The van der Waals surface area contributed by atoms with Crippen molar-refractivity contribution in [3.63, 3.8) is 0 Å². The summed E-state index contributed by atoms with van der Waals surface area (Å²) in [6.45, 7) is 2.00. The van der Waals surface area contributed by atoms with Gasteiger partial charge >= 0.3 is 41.8 Å². The van der Waals surface area contributed by atoms with Gasteiger partial charge in [-0.2, -0.15) is 0 Å². The Kier molecular flexibility index (Phi) is 23.1. The highest BCUT2D eigenvalue weighted by molar-refractivity contribution is 6.10. The van der Waals surface area contributed by atoms with Gasteiger partial charge in [0.05, 0.1) is 142 Å². The Balaban J connectivity index is 1.45. The van der Waals surface area contributed by atoms with Crippen LogP contribution in [0, 0.1) is 0 Å². The first-order chi connectivity index (χ1) is 49.0. The van der Waals surface area contributed by atoms with E-state index in [0.29, 0.717) is 17.1 Å². The van der Waals surface area contributed by atoms with Crippen LogP contribution in [0.5, 0.6) is 97.7 Å². The van der Waals surface area contributed by atoms with Crippen molar-refractivity contribution in [2.75, 3.05) is 120 Å². The third-order valence-corrected chi connectivity index (χ3v) is 16.8. The zero-order valence-electron chi connectivity index (χ0n) is 59.2. The lowest BCUT2D eigenvalue weighted by Crippen LogP contribution is -2.55. The van der Waals surface area contributed by atoms with Crippen LogP contribution < -0.4 is 80.5 Å². The number of cyclic esters (lactones) is 4. The smallest absolute Gasteiger partial charge is 0.339 e. The molecule has 0 saturated carbocycles. The van der Waals surface area contributed by atoms with Crippen LogP contribution in [0.3, 0.4) is 0 Å². The van der Waals surface area contributed by atoms with Gasteiger partial charge in [-0.15, -0.1) is 0 Å². The quantitative estimate of drug-likeness (QED) is 0.0428. The van der Waals surface area contributed by atoms with Gasteiger partial charge in [-0.25, -0.2) is 19.2 Å². The van der Waals surface area contributed by atoms with Crippen molar-refractivity contribution >= 4 is 41.8 Å². The second-order valence-electron chi connectivity index (χ2n) is 22.2. The van der Waals surface area contributed by atoms with Crippen molar-refractivity contribution in [1.29, 1.82) is 0 Å². The van der Waals surface area contributed by atoms with Crippen molar-refractivity contribution in [3.8, 4) is 120 Å². The minimum absolute atomic E-state index is 0.0446. The lowest BCUT2D eigenvalue weighted by Gasteiger charge is -2.40. The molecule has 0 N–H and O–H groups in total. The molecule has 3 aliphatic rings. The van der Waals surface area contributed by atoms with E-state index in [9.17, 15) is 14.4 Å². The number of hydrogen-bond acceptors (Lipinski definition) is 31. The van der Waals surface area contributed by atoms with Gasteiger partial charge < -0.3 is 114 Å². The van der Waals surface area contributed by atoms with Crippen molar-refractivity contribution in [2.24, 2.45) is 0 Å². The van der Waals surface area contributed by atoms with E-state index in [0.717, 1.165) is 26.0 Å². The molecule has 3 heterocycles. The van der Waals surface area contributed by atoms with Gasteiger partial charge in [0.15, 0.2) is 94.1 Å². The second-order valence-corrected chi connectivity index (χ2v) is 22.2. The average Bonchev–Trinajstić information content (AvgIpc) is 0.871. The van der Waals surface area contributed by atoms with Crippen molar-refractivity contribution in [1.82, 2.24) is 0 Å². The van der Waals surface area contributed by atoms with Crippen LogP contribution in [0.2, 0.25) is 0 Å². The SMILES string of the molecule is COc1ccc([C@H]2Oc3cc(OC)c([C@H](OC(C)=O)[C@@H]4OC(=O)c5cc(OC)c(OC)c(OC)c5-c5c(cc(OC)c(OC)c5OC)C(=O)O[C@H]4[C@@H]4OC(=O)c5cc(OC)c(OC)c(OC)c5-c5c(cc(OC)c(OC)c5OC)C(=O)OC[C@H]4OC(C)=O)c(OC)c3C[C@H]2OC(C)=O)cc1OC. The number of ether oxygens (including phenoxy) is 24. The van der Waals surface area contributed by atoms with E-state index < -0.39 is 113 Å². The number of esters is 7. The van der Waals surface area contributed by atoms with E-state index in [-0.39, 0.29) is 126 Å². The summed E-state index contributed by atoms with van der Waals surface area (Å²) in [5.41, 5.74) is -2.91. The van der Waals surface area contributed by atoms with Crippen molar-refractivity contribution in [3.05, 3.63) is 87.5 Å². The summed E-state index contributed by atoms with van der Waals surface area (Å²) in [5, 5.41) is 0. The second kappa shape index (κ2) is 31.6. The Bertz CT molecular complexity index is 4250. The van der Waals surface area contributed by atoms with Crippen LogP contribution >= 0.6 is 0 Å². The van der Waals surface area contributed by atoms with E-state index >= 15 is 19.2 Å². The summed E-state index contributed by atoms with van der Waals surface area (Å²) in [4.78, 5) is 106. The highest BCUT2D eigenvalue weighted by atomic mass is 16.7. The predicted octanol–water partition coefficient (Wildman–Crippen LogP) is 8.46. The number of benzene rings is 6. The molecule has 7 atom stereocenters. The molecule has 0 bridgehead atoms. The molecule has 31 nitrogen and oxygen atoms in total. The van der Waals surface area contributed by atoms with Crippen LogP contribution in [0.4, 0.5) is 0 Å². The van der Waals surface area contributed by atoms with Crippen LogP contribution in [-0.2, 0) is 54.0 Å². The largest absolute Gasteiger partial charge is 0.496 e. The summed E-state index contributed by atoms with van der Waals surface area (Å²) in [5.74, 6) is -10.5. The molecular formula is C71H76O31. The molecule has 0 radical (unpaired) electrons. The monoisotopic (exact) mass is 1420 g/mol. The van der Waals surface area contributed by atoms with E-state index in [1.54, 1.807) is 18.2 Å². The Morgan fingerprint density at radius 2 is 0.755 bits per heavy atom. The number of fused-ring (bicyclic) bond motifs is 7. The predicted molar refractivity (Wildman–Crippen MR) is 352 cm³/mol. The maximum absolute atomic E-state index is 16.5. The molecule has 6 aromatic carbocycles. The minimum Gasteiger partial charge on any atom is -0.496 e. The van der Waals surface area contributed by atoms with Gasteiger partial charge in [-0.05, 0) is 36.4 Å².